The van der Waals surface area contributed by atoms with E-state index < -0.39 is 10.1 Å². The Labute approximate surface area is 75.7 Å². The first-order chi connectivity index (χ1) is 5.41. The van der Waals surface area contributed by atoms with Crippen molar-refractivity contribution in [1.82, 2.24) is 0 Å². The molecule has 66 valence electrons. The molecule has 3 nitrogen and oxygen atoms in total. The molecule has 0 fully saturated rings. The van der Waals surface area contributed by atoms with Gasteiger partial charge in [0, 0.05) is 0 Å². The molecule has 0 radical (unpaired) electrons. The minimum atomic E-state index is -4.19. The van der Waals surface area contributed by atoms with E-state index in [0.29, 0.717) is 0 Å². The zero-order valence-electron chi connectivity index (χ0n) is 6.28. The van der Waals surface area contributed by atoms with Crippen molar-refractivity contribution in [1.29, 1.82) is 0 Å². The van der Waals surface area contributed by atoms with Crippen molar-refractivity contribution in [3.8, 4) is 0 Å². The number of hydrogen-bond acceptors (Lipinski definition) is 2. The highest BCUT2D eigenvalue weighted by Crippen LogP contribution is 2.21. The van der Waals surface area contributed by atoms with Gasteiger partial charge in [-0.3, -0.25) is 4.55 Å². The Morgan fingerprint density at radius 3 is 2.42 bits per heavy atom. The van der Waals surface area contributed by atoms with Crippen LogP contribution in [0, 0.1) is 6.92 Å². The van der Waals surface area contributed by atoms with Gasteiger partial charge in [-0.15, -0.1) is 0 Å². The van der Waals surface area contributed by atoms with Crippen LogP contribution in [0.25, 0.3) is 0 Å². The maximum atomic E-state index is 10.7. The second-order valence-electron chi connectivity index (χ2n) is 2.41. The van der Waals surface area contributed by atoms with Crippen LogP contribution < -0.4 is 0 Å². The summed E-state index contributed by atoms with van der Waals surface area (Å²) in [7, 11) is -4.19. The highest BCUT2D eigenvalue weighted by molar-refractivity contribution is 7.86. The first-order valence-electron chi connectivity index (χ1n) is 3.15. The molecule has 1 aromatic carbocycles. The SMILES string of the molecule is Cc1ccc(Cl)c(S(=O)(=O)O)c1. The van der Waals surface area contributed by atoms with Crippen molar-refractivity contribution in [2.24, 2.45) is 0 Å². The van der Waals surface area contributed by atoms with Crippen molar-refractivity contribution in [2.45, 2.75) is 11.8 Å². The third kappa shape index (κ3) is 1.97. The second-order valence-corrected chi connectivity index (χ2v) is 4.21. The maximum absolute atomic E-state index is 10.7. The first-order valence-corrected chi connectivity index (χ1v) is 4.97. The van der Waals surface area contributed by atoms with Crippen LogP contribution >= 0.6 is 11.6 Å². The fourth-order valence-electron chi connectivity index (χ4n) is 0.808. The first kappa shape index (κ1) is 9.51. The molecule has 0 aliphatic carbocycles. The van der Waals surface area contributed by atoms with Gasteiger partial charge in [0.2, 0.25) is 0 Å². The normalized spacial score (nSPS) is 11.6. The number of hydrogen-bond donors (Lipinski definition) is 1. The van der Waals surface area contributed by atoms with Gasteiger partial charge in [0.05, 0.1) is 5.02 Å². The van der Waals surface area contributed by atoms with Gasteiger partial charge in [0.1, 0.15) is 4.90 Å². The molecular weight excluding hydrogens is 200 g/mol. The van der Waals surface area contributed by atoms with Crippen molar-refractivity contribution < 1.29 is 13.0 Å². The fraction of sp³-hybridized carbons (Fsp3) is 0.143. The minimum Gasteiger partial charge on any atom is -0.282 e. The van der Waals surface area contributed by atoms with Crippen LogP contribution in [-0.2, 0) is 10.1 Å². The van der Waals surface area contributed by atoms with Gasteiger partial charge >= 0.3 is 0 Å². The smallest absolute Gasteiger partial charge is 0.282 e. The predicted octanol–water partition coefficient (Wildman–Crippen LogP) is 1.90. The van der Waals surface area contributed by atoms with Crippen molar-refractivity contribution in [3.63, 3.8) is 0 Å². The molecule has 1 rings (SSSR count). The van der Waals surface area contributed by atoms with Crippen molar-refractivity contribution in [2.75, 3.05) is 0 Å². The summed E-state index contributed by atoms with van der Waals surface area (Å²) in [5.74, 6) is 0. The average molecular weight is 207 g/mol. The number of aryl methyl sites for hydroxylation is 1. The lowest BCUT2D eigenvalue weighted by molar-refractivity contribution is 0.483. The lowest BCUT2D eigenvalue weighted by atomic mass is 10.2. The van der Waals surface area contributed by atoms with Gasteiger partial charge in [0.15, 0.2) is 0 Å². The van der Waals surface area contributed by atoms with Crippen molar-refractivity contribution in [3.05, 3.63) is 28.8 Å². The summed E-state index contributed by atoms with van der Waals surface area (Å²) >= 11 is 5.54. The molecule has 1 aromatic rings. The summed E-state index contributed by atoms with van der Waals surface area (Å²) in [6, 6.07) is 4.41. The summed E-state index contributed by atoms with van der Waals surface area (Å²) in [6.45, 7) is 1.71. The molecule has 0 heterocycles. The fourth-order valence-corrected chi connectivity index (χ4v) is 1.87. The molecule has 12 heavy (non-hydrogen) atoms. The number of rotatable bonds is 1. The molecule has 0 aromatic heterocycles. The highest BCUT2D eigenvalue weighted by atomic mass is 35.5. The molecule has 0 aliphatic rings. The van der Waals surface area contributed by atoms with Crippen LogP contribution in [0.5, 0.6) is 0 Å². The van der Waals surface area contributed by atoms with E-state index in [0.717, 1.165) is 5.56 Å². The Balaban J connectivity index is 3.43. The molecule has 0 amide bonds. The molecule has 5 heteroatoms. The summed E-state index contributed by atoms with van der Waals surface area (Å²) in [5.41, 5.74) is 0.729. The van der Waals surface area contributed by atoms with Gasteiger partial charge in [-0.2, -0.15) is 8.42 Å². The summed E-state index contributed by atoms with van der Waals surface area (Å²) < 4.78 is 30.0. The quantitative estimate of drug-likeness (QED) is 0.714. The van der Waals surface area contributed by atoms with Gasteiger partial charge in [0.25, 0.3) is 10.1 Å². The van der Waals surface area contributed by atoms with E-state index in [9.17, 15) is 8.42 Å². The summed E-state index contributed by atoms with van der Waals surface area (Å²) in [5, 5.41) is 0.0306. The highest BCUT2D eigenvalue weighted by Gasteiger charge is 2.13. The van der Waals surface area contributed by atoms with Crippen molar-refractivity contribution >= 4 is 21.7 Å². The second kappa shape index (κ2) is 3.05. The minimum absolute atomic E-state index is 0.0306. The number of benzene rings is 1. The van der Waals surface area contributed by atoms with E-state index in [2.05, 4.69) is 0 Å². The third-order valence-electron chi connectivity index (χ3n) is 1.36. The maximum Gasteiger partial charge on any atom is 0.296 e. The monoisotopic (exact) mass is 206 g/mol. The molecule has 1 N–H and O–H groups in total. The van der Waals surface area contributed by atoms with E-state index in [4.69, 9.17) is 16.2 Å². The molecule has 0 saturated carbocycles. The third-order valence-corrected chi connectivity index (χ3v) is 2.70. The zero-order chi connectivity index (χ0) is 9.35. The summed E-state index contributed by atoms with van der Waals surface area (Å²) in [4.78, 5) is -0.246. The Kier molecular flexibility index (Phi) is 2.41. The van der Waals surface area contributed by atoms with Gasteiger partial charge in [-0.25, -0.2) is 0 Å². The Bertz CT molecular complexity index is 397. The topological polar surface area (TPSA) is 54.4 Å². The number of halogens is 1. The van der Waals surface area contributed by atoms with Gasteiger partial charge in [-0.05, 0) is 24.6 Å². The van der Waals surface area contributed by atoms with E-state index >= 15 is 0 Å². The predicted molar refractivity (Wildman–Crippen MR) is 46.0 cm³/mol. The van der Waals surface area contributed by atoms with Gasteiger partial charge in [-0.1, -0.05) is 17.7 Å². The lowest BCUT2D eigenvalue weighted by Crippen LogP contribution is -1.99. The largest absolute Gasteiger partial charge is 0.296 e. The lowest BCUT2D eigenvalue weighted by Gasteiger charge is -2.00. The van der Waals surface area contributed by atoms with Crippen LogP contribution in [0.4, 0.5) is 0 Å². The molecule has 0 atom stereocenters. The van der Waals surface area contributed by atoms with E-state index in [-0.39, 0.29) is 9.92 Å². The van der Waals surface area contributed by atoms with E-state index in [1.165, 1.54) is 12.1 Å². The molecule has 0 spiro atoms. The van der Waals surface area contributed by atoms with Crippen LogP contribution in [-0.4, -0.2) is 13.0 Å². The van der Waals surface area contributed by atoms with E-state index in [1.807, 2.05) is 0 Å². The molecule has 0 bridgehead atoms. The Hall–Kier alpha value is -0.580. The van der Waals surface area contributed by atoms with Crippen LogP contribution in [0.2, 0.25) is 5.02 Å². The van der Waals surface area contributed by atoms with Crippen LogP contribution in [0.1, 0.15) is 5.56 Å². The van der Waals surface area contributed by atoms with Crippen LogP contribution in [0.3, 0.4) is 0 Å². The Morgan fingerprint density at radius 1 is 1.42 bits per heavy atom. The molecule has 0 unspecified atom stereocenters. The Morgan fingerprint density at radius 2 is 2.00 bits per heavy atom. The summed E-state index contributed by atoms with van der Waals surface area (Å²) in [6.07, 6.45) is 0. The molecular formula is C7H7ClO3S. The molecule has 0 saturated heterocycles. The standard InChI is InChI=1S/C7H7ClO3S/c1-5-2-3-6(8)7(4-5)12(9,10)11/h2-4H,1H3,(H,9,10,11). The van der Waals surface area contributed by atoms with Gasteiger partial charge < -0.3 is 0 Å². The average Bonchev–Trinajstić information content (AvgIpc) is 1.92. The van der Waals surface area contributed by atoms with E-state index in [1.54, 1.807) is 13.0 Å². The zero-order valence-corrected chi connectivity index (χ0v) is 7.85. The van der Waals surface area contributed by atoms with Crippen LogP contribution in [0.15, 0.2) is 23.1 Å². The molecule has 0 aliphatic heterocycles.